The highest BCUT2D eigenvalue weighted by Crippen LogP contribution is 2.20. The van der Waals surface area contributed by atoms with Crippen molar-refractivity contribution in [1.29, 1.82) is 0 Å². The van der Waals surface area contributed by atoms with Crippen LogP contribution in [-0.2, 0) is 19.6 Å². The third kappa shape index (κ3) is 4.65. The molecule has 0 aliphatic carbocycles. The number of sulfonamides is 1. The zero-order chi connectivity index (χ0) is 15.3. The molecule has 1 heterocycles. The maximum absolute atomic E-state index is 12.5. The molecule has 1 aromatic rings. The van der Waals surface area contributed by atoms with Crippen LogP contribution >= 0.6 is 12.4 Å². The fourth-order valence-corrected chi connectivity index (χ4v) is 3.48. The molecule has 0 saturated carbocycles. The predicted molar refractivity (Wildman–Crippen MR) is 85.6 cm³/mol. The van der Waals surface area contributed by atoms with Crippen molar-refractivity contribution in [2.24, 2.45) is 5.73 Å². The molecule has 1 saturated heterocycles. The molecule has 7 nitrogen and oxygen atoms in total. The summed E-state index contributed by atoms with van der Waals surface area (Å²) in [6, 6.07) is 6.22. The van der Waals surface area contributed by atoms with Crippen molar-refractivity contribution in [1.82, 2.24) is 4.31 Å². The zero-order valence-electron chi connectivity index (χ0n) is 12.0. The van der Waals surface area contributed by atoms with Crippen LogP contribution < -0.4 is 11.1 Å². The first kappa shape index (κ1) is 18.9. The Morgan fingerprint density at radius 1 is 1.32 bits per heavy atom. The summed E-state index contributed by atoms with van der Waals surface area (Å²) < 4.78 is 31.5. The van der Waals surface area contributed by atoms with E-state index in [2.05, 4.69) is 5.32 Å². The third-order valence-corrected chi connectivity index (χ3v) is 4.99. The number of benzene rings is 1. The number of ether oxygens (including phenoxy) is 1. The Balaban J connectivity index is 0.00000242. The van der Waals surface area contributed by atoms with Gasteiger partial charge in [-0.05, 0) is 18.2 Å². The first-order valence-electron chi connectivity index (χ1n) is 6.72. The second kappa shape index (κ2) is 8.44. The van der Waals surface area contributed by atoms with E-state index in [0.29, 0.717) is 32.0 Å². The van der Waals surface area contributed by atoms with Crippen LogP contribution in [0.2, 0.25) is 0 Å². The minimum atomic E-state index is -3.56. The molecule has 124 valence electrons. The molecule has 0 aromatic heterocycles. The Bertz CT molecular complexity index is 603. The van der Waals surface area contributed by atoms with Crippen molar-refractivity contribution in [2.75, 3.05) is 38.2 Å². The lowest BCUT2D eigenvalue weighted by Crippen LogP contribution is -2.40. The van der Waals surface area contributed by atoms with Gasteiger partial charge in [-0.1, -0.05) is 6.07 Å². The van der Waals surface area contributed by atoms with Gasteiger partial charge in [-0.2, -0.15) is 4.31 Å². The Morgan fingerprint density at radius 3 is 2.64 bits per heavy atom. The van der Waals surface area contributed by atoms with Crippen molar-refractivity contribution in [2.45, 2.75) is 11.3 Å². The highest BCUT2D eigenvalue weighted by atomic mass is 35.5. The number of amides is 1. The predicted octanol–water partition coefficient (Wildman–Crippen LogP) is 0.417. The largest absolute Gasteiger partial charge is 0.379 e. The molecule has 1 aliphatic rings. The summed E-state index contributed by atoms with van der Waals surface area (Å²) in [5, 5.41) is 2.63. The van der Waals surface area contributed by atoms with E-state index < -0.39 is 10.0 Å². The van der Waals surface area contributed by atoms with E-state index in [1.54, 1.807) is 12.1 Å². The highest BCUT2D eigenvalue weighted by molar-refractivity contribution is 7.89. The standard InChI is InChI=1S/C13H19N3O4S.ClH/c14-5-4-13(17)15-11-2-1-3-12(10-11)21(18,19)16-6-8-20-9-7-16;/h1-3,10H,4-9,14H2,(H,15,17);1H. The number of carbonyl (C=O) groups excluding carboxylic acids is 1. The van der Waals surface area contributed by atoms with Crippen LogP contribution in [0.4, 0.5) is 5.69 Å². The van der Waals surface area contributed by atoms with Crippen LogP contribution in [0.15, 0.2) is 29.2 Å². The van der Waals surface area contributed by atoms with Crippen molar-refractivity contribution in [3.05, 3.63) is 24.3 Å². The lowest BCUT2D eigenvalue weighted by molar-refractivity contribution is -0.116. The van der Waals surface area contributed by atoms with Crippen LogP contribution in [0.25, 0.3) is 0 Å². The van der Waals surface area contributed by atoms with Gasteiger partial charge in [-0.3, -0.25) is 4.79 Å². The number of nitrogens with two attached hydrogens (primary N) is 1. The van der Waals surface area contributed by atoms with Gasteiger partial charge >= 0.3 is 0 Å². The monoisotopic (exact) mass is 349 g/mol. The second-order valence-electron chi connectivity index (χ2n) is 4.63. The topological polar surface area (TPSA) is 102 Å². The molecule has 3 N–H and O–H groups in total. The van der Waals surface area contributed by atoms with Gasteiger partial charge < -0.3 is 15.8 Å². The molecule has 2 rings (SSSR count). The summed E-state index contributed by atoms with van der Waals surface area (Å²) in [6.45, 7) is 1.72. The number of rotatable bonds is 5. The smallest absolute Gasteiger partial charge is 0.243 e. The number of morpholine rings is 1. The molecule has 0 atom stereocenters. The SMILES string of the molecule is Cl.NCCC(=O)Nc1cccc(S(=O)(=O)N2CCOCC2)c1. The van der Waals surface area contributed by atoms with Gasteiger partial charge in [0, 0.05) is 31.7 Å². The lowest BCUT2D eigenvalue weighted by atomic mass is 10.3. The van der Waals surface area contributed by atoms with Gasteiger partial charge in [0.1, 0.15) is 0 Å². The van der Waals surface area contributed by atoms with Gasteiger partial charge in [0.15, 0.2) is 0 Å². The normalized spacial score (nSPS) is 15.9. The van der Waals surface area contributed by atoms with Crippen molar-refractivity contribution < 1.29 is 17.9 Å². The summed E-state index contributed by atoms with van der Waals surface area (Å²) in [4.78, 5) is 11.7. The van der Waals surface area contributed by atoms with Crippen molar-refractivity contribution in [3.8, 4) is 0 Å². The Morgan fingerprint density at radius 2 is 2.00 bits per heavy atom. The van der Waals surface area contributed by atoms with E-state index >= 15 is 0 Å². The number of nitrogens with one attached hydrogen (secondary N) is 1. The lowest BCUT2D eigenvalue weighted by Gasteiger charge is -2.26. The highest BCUT2D eigenvalue weighted by Gasteiger charge is 2.26. The Hall–Kier alpha value is -1.19. The van der Waals surface area contributed by atoms with Crippen molar-refractivity contribution in [3.63, 3.8) is 0 Å². The van der Waals surface area contributed by atoms with E-state index in [0.717, 1.165) is 0 Å². The van der Waals surface area contributed by atoms with Crippen LogP contribution in [0.1, 0.15) is 6.42 Å². The molecule has 0 bridgehead atoms. The Kier molecular flexibility index (Phi) is 7.24. The molecule has 0 radical (unpaired) electrons. The minimum absolute atomic E-state index is 0. The fourth-order valence-electron chi connectivity index (χ4n) is 2.02. The van der Waals surface area contributed by atoms with Crippen molar-refractivity contribution >= 4 is 34.0 Å². The molecule has 0 spiro atoms. The Labute approximate surface area is 136 Å². The zero-order valence-corrected chi connectivity index (χ0v) is 13.7. The van der Waals surface area contributed by atoms with E-state index in [1.807, 2.05) is 0 Å². The molecule has 1 amide bonds. The molecule has 1 aliphatic heterocycles. The molecule has 1 fully saturated rings. The average molecular weight is 350 g/mol. The van der Waals surface area contributed by atoms with E-state index in [1.165, 1.54) is 16.4 Å². The number of hydrogen-bond acceptors (Lipinski definition) is 5. The molecule has 1 aromatic carbocycles. The summed E-state index contributed by atoms with van der Waals surface area (Å²) >= 11 is 0. The molecule has 9 heteroatoms. The average Bonchev–Trinajstić information content (AvgIpc) is 2.48. The fraction of sp³-hybridized carbons (Fsp3) is 0.462. The number of carbonyl (C=O) groups is 1. The number of hydrogen-bond donors (Lipinski definition) is 2. The number of anilines is 1. The summed E-state index contributed by atoms with van der Waals surface area (Å²) in [6.07, 6.45) is 0.195. The van der Waals surface area contributed by atoms with Gasteiger partial charge in [0.05, 0.1) is 18.1 Å². The minimum Gasteiger partial charge on any atom is -0.379 e. The van der Waals surface area contributed by atoms with Crippen LogP contribution in [-0.4, -0.2) is 51.5 Å². The molecule has 0 unspecified atom stereocenters. The molecular weight excluding hydrogens is 330 g/mol. The van der Waals surface area contributed by atoms with Crippen LogP contribution in [0.3, 0.4) is 0 Å². The summed E-state index contributed by atoms with van der Waals surface area (Å²) in [5.41, 5.74) is 5.75. The second-order valence-corrected chi connectivity index (χ2v) is 6.57. The van der Waals surface area contributed by atoms with E-state index in [9.17, 15) is 13.2 Å². The van der Waals surface area contributed by atoms with Gasteiger partial charge in [-0.25, -0.2) is 8.42 Å². The maximum Gasteiger partial charge on any atom is 0.243 e. The maximum atomic E-state index is 12.5. The molecule has 22 heavy (non-hydrogen) atoms. The quantitative estimate of drug-likeness (QED) is 0.802. The van der Waals surface area contributed by atoms with E-state index in [4.69, 9.17) is 10.5 Å². The number of halogens is 1. The van der Waals surface area contributed by atoms with Crippen LogP contribution in [0.5, 0.6) is 0 Å². The summed E-state index contributed by atoms with van der Waals surface area (Å²) in [7, 11) is -3.56. The van der Waals surface area contributed by atoms with Crippen LogP contribution in [0, 0.1) is 0 Å². The van der Waals surface area contributed by atoms with E-state index in [-0.39, 0.29) is 36.2 Å². The number of nitrogens with zero attached hydrogens (tertiary/aromatic N) is 1. The third-order valence-electron chi connectivity index (χ3n) is 3.10. The van der Waals surface area contributed by atoms with Gasteiger partial charge in [0.25, 0.3) is 0 Å². The van der Waals surface area contributed by atoms with Gasteiger partial charge in [0.2, 0.25) is 15.9 Å². The molecular formula is C13H20ClN3O4S. The first-order chi connectivity index (χ1) is 10.0. The van der Waals surface area contributed by atoms with Gasteiger partial charge in [-0.15, -0.1) is 12.4 Å². The first-order valence-corrected chi connectivity index (χ1v) is 8.16. The summed E-state index contributed by atoms with van der Waals surface area (Å²) in [5.74, 6) is -0.238.